The third-order valence-corrected chi connectivity index (χ3v) is 3.95. The Morgan fingerprint density at radius 1 is 1.47 bits per heavy atom. The molecule has 1 fully saturated rings. The molecule has 1 aliphatic rings. The molecule has 2 atom stereocenters. The van der Waals surface area contributed by atoms with E-state index < -0.39 is 0 Å². The van der Waals surface area contributed by atoms with Crippen LogP contribution in [-0.4, -0.2) is 36.6 Å². The quantitative estimate of drug-likeness (QED) is 0.840. The minimum absolute atomic E-state index is 0.0415. The molecule has 1 aliphatic heterocycles. The van der Waals surface area contributed by atoms with E-state index in [1.165, 1.54) is 0 Å². The summed E-state index contributed by atoms with van der Waals surface area (Å²) in [6.07, 6.45) is 1.03. The summed E-state index contributed by atoms with van der Waals surface area (Å²) in [5.74, 6) is 0.0415. The molecule has 17 heavy (non-hydrogen) atoms. The van der Waals surface area contributed by atoms with Crippen LogP contribution in [0.25, 0.3) is 0 Å². The van der Waals surface area contributed by atoms with Gasteiger partial charge in [0.25, 0.3) is 5.91 Å². The number of ether oxygens (including phenoxy) is 1. The van der Waals surface area contributed by atoms with Gasteiger partial charge in [0.15, 0.2) is 0 Å². The molecule has 0 saturated carbocycles. The van der Waals surface area contributed by atoms with Crippen molar-refractivity contribution in [1.82, 2.24) is 4.90 Å². The third kappa shape index (κ3) is 2.53. The van der Waals surface area contributed by atoms with Crippen molar-refractivity contribution in [2.24, 2.45) is 0 Å². The number of likely N-dealkylation sites (N-methyl/N-ethyl adjacent to an activating group) is 1. The summed E-state index contributed by atoms with van der Waals surface area (Å²) in [7, 11) is 1.84. The normalized spacial score (nSPS) is 23.7. The van der Waals surface area contributed by atoms with Gasteiger partial charge in [0.05, 0.1) is 17.7 Å². The van der Waals surface area contributed by atoms with Gasteiger partial charge in [-0.05, 0) is 41.4 Å². The van der Waals surface area contributed by atoms with Crippen LogP contribution in [0.5, 0.6) is 0 Å². The van der Waals surface area contributed by atoms with Crippen molar-refractivity contribution >= 4 is 21.8 Å². The molecular weight excluding hydrogens is 282 g/mol. The second-order valence-electron chi connectivity index (χ2n) is 4.33. The average molecular weight is 298 g/mol. The second-order valence-corrected chi connectivity index (χ2v) is 5.18. The second kappa shape index (κ2) is 5.19. The minimum atomic E-state index is 0.0415. The minimum Gasteiger partial charge on any atom is -0.376 e. The smallest absolute Gasteiger partial charge is 0.255 e. The lowest BCUT2D eigenvalue weighted by molar-refractivity contribution is 0.0574. The van der Waals surface area contributed by atoms with Crippen LogP contribution in [-0.2, 0) is 4.74 Å². The van der Waals surface area contributed by atoms with E-state index in [1.54, 1.807) is 4.90 Å². The Hall–Kier alpha value is -0.870. The molecule has 2 unspecified atom stereocenters. The SMILES string of the molecule is CC1OCCC1N(C)C(=O)c1ccccc1Br. The van der Waals surface area contributed by atoms with Gasteiger partial charge in [-0.2, -0.15) is 0 Å². The van der Waals surface area contributed by atoms with E-state index in [1.807, 2.05) is 38.2 Å². The van der Waals surface area contributed by atoms with E-state index in [9.17, 15) is 4.79 Å². The Morgan fingerprint density at radius 2 is 2.18 bits per heavy atom. The average Bonchev–Trinajstić information content (AvgIpc) is 2.74. The van der Waals surface area contributed by atoms with Crippen LogP contribution >= 0.6 is 15.9 Å². The number of hydrogen-bond acceptors (Lipinski definition) is 2. The van der Waals surface area contributed by atoms with Gasteiger partial charge < -0.3 is 9.64 Å². The Kier molecular flexibility index (Phi) is 3.84. The Balaban J connectivity index is 2.17. The highest BCUT2D eigenvalue weighted by Gasteiger charge is 2.31. The fraction of sp³-hybridized carbons (Fsp3) is 0.462. The molecule has 2 rings (SSSR count). The van der Waals surface area contributed by atoms with E-state index in [4.69, 9.17) is 4.74 Å². The van der Waals surface area contributed by atoms with E-state index in [2.05, 4.69) is 15.9 Å². The number of hydrogen-bond donors (Lipinski definition) is 0. The first-order valence-corrected chi connectivity index (χ1v) is 6.54. The molecule has 1 amide bonds. The first-order chi connectivity index (χ1) is 8.11. The molecule has 92 valence electrons. The summed E-state index contributed by atoms with van der Waals surface area (Å²) < 4.78 is 6.33. The van der Waals surface area contributed by atoms with E-state index in [0.29, 0.717) is 5.56 Å². The highest BCUT2D eigenvalue weighted by molar-refractivity contribution is 9.10. The number of rotatable bonds is 2. The van der Waals surface area contributed by atoms with Gasteiger partial charge >= 0.3 is 0 Å². The van der Waals surface area contributed by atoms with Crippen molar-refractivity contribution in [2.45, 2.75) is 25.5 Å². The molecule has 0 aliphatic carbocycles. The largest absolute Gasteiger partial charge is 0.376 e. The summed E-state index contributed by atoms with van der Waals surface area (Å²) in [6.45, 7) is 2.75. The molecule has 1 aromatic rings. The van der Waals surface area contributed by atoms with E-state index in [-0.39, 0.29) is 18.1 Å². The van der Waals surface area contributed by atoms with Crippen molar-refractivity contribution in [3.8, 4) is 0 Å². The Labute approximate surface area is 110 Å². The lowest BCUT2D eigenvalue weighted by Crippen LogP contribution is -2.41. The van der Waals surface area contributed by atoms with E-state index in [0.717, 1.165) is 17.5 Å². The molecule has 0 N–H and O–H groups in total. The summed E-state index contributed by atoms with van der Waals surface area (Å²) in [5, 5.41) is 0. The van der Waals surface area contributed by atoms with Gasteiger partial charge in [-0.1, -0.05) is 12.1 Å². The Morgan fingerprint density at radius 3 is 2.76 bits per heavy atom. The third-order valence-electron chi connectivity index (χ3n) is 3.26. The standard InChI is InChI=1S/C13H16BrNO2/c1-9-12(7-8-17-9)15(2)13(16)10-5-3-4-6-11(10)14/h3-6,9,12H,7-8H2,1-2H3. The van der Waals surface area contributed by atoms with Gasteiger partial charge in [-0.15, -0.1) is 0 Å². The number of carbonyl (C=O) groups is 1. The molecule has 1 saturated heterocycles. The summed E-state index contributed by atoms with van der Waals surface area (Å²) in [6, 6.07) is 7.68. The van der Waals surface area contributed by atoms with Crippen LogP contribution in [0.2, 0.25) is 0 Å². The van der Waals surface area contributed by atoms with Crippen LogP contribution in [0.15, 0.2) is 28.7 Å². The maximum absolute atomic E-state index is 12.3. The summed E-state index contributed by atoms with van der Waals surface area (Å²) >= 11 is 3.41. The highest BCUT2D eigenvalue weighted by atomic mass is 79.9. The zero-order valence-corrected chi connectivity index (χ0v) is 11.6. The number of nitrogens with zero attached hydrogens (tertiary/aromatic N) is 1. The van der Waals surface area contributed by atoms with Crippen molar-refractivity contribution in [1.29, 1.82) is 0 Å². The lowest BCUT2D eigenvalue weighted by atomic mass is 10.1. The van der Waals surface area contributed by atoms with Crippen molar-refractivity contribution < 1.29 is 9.53 Å². The van der Waals surface area contributed by atoms with Crippen LogP contribution in [0.4, 0.5) is 0 Å². The van der Waals surface area contributed by atoms with Crippen molar-refractivity contribution in [2.75, 3.05) is 13.7 Å². The lowest BCUT2D eigenvalue weighted by Gasteiger charge is -2.27. The van der Waals surface area contributed by atoms with E-state index >= 15 is 0 Å². The molecule has 0 spiro atoms. The fourth-order valence-corrected chi connectivity index (χ4v) is 2.66. The maximum atomic E-state index is 12.3. The summed E-state index contributed by atoms with van der Waals surface area (Å²) in [5.41, 5.74) is 0.703. The monoisotopic (exact) mass is 297 g/mol. The van der Waals surface area contributed by atoms with Crippen molar-refractivity contribution in [3.63, 3.8) is 0 Å². The first kappa shape index (κ1) is 12.6. The zero-order valence-electron chi connectivity index (χ0n) is 10.0. The predicted octanol–water partition coefficient (Wildman–Crippen LogP) is 2.70. The molecule has 4 heteroatoms. The first-order valence-electron chi connectivity index (χ1n) is 5.74. The maximum Gasteiger partial charge on any atom is 0.255 e. The molecular formula is C13H16BrNO2. The molecule has 1 heterocycles. The molecule has 0 aromatic heterocycles. The van der Waals surface area contributed by atoms with Crippen LogP contribution in [0.3, 0.4) is 0 Å². The number of benzene rings is 1. The number of carbonyl (C=O) groups excluding carboxylic acids is 1. The van der Waals surface area contributed by atoms with Gasteiger partial charge in [0, 0.05) is 18.1 Å². The van der Waals surface area contributed by atoms with Crippen LogP contribution < -0.4 is 0 Å². The van der Waals surface area contributed by atoms with Gasteiger partial charge in [-0.25, -0.2) is 0 Å². The topological polar surface area (TPSA) is 29.5 Å². The van der Waals surface area contributed by atoms with Gasteiger partial charge in [0.1, 0.15) is 0 Å². The Bertz CT molecular complexity index is 422. The number of amides is 1. The molecule has 0 bridgehead atoms. The molecule has 0 radical (unpaired) electrons. The van der Waals surface area contributed by atoms with Gasteiger partial charge in [-0.3, -0.25) is 4.79 Å². The zero-order chi connectivity index (χ0) is 12.4. The van der Waals surface area contributed by atoms with Crippen LogP contribution in [0.1, 0.15) is 23.7 Å². The van der Waals surface area contributed by atoms with Gasteiger partial charge in [0.2, 0.25) is 0 Å². The highest BCUT2D eigenvalue weighted by Crippen LogP contribution is 2.23. The number of halogens is 1. The molecule has 3 nitrogen and oxygen atoms in total. The van der Waals surface area contributed by atoms with Crippen LogP contribution in [0, 0.1) is 0 Å². The predicted molar refractivity (Wildman–Crippen MR) is 70.1 cm³/mol. The molecule has 1 aromatic carbocycles. The summed E-state index contributed by atoms with van der Waals surface area (Å²) in [4.78, 5) is 14.1. The fourth-order valence-electron chi connectivity index (χ4n) is 2.20. The van der Waals surface area contributed by atoms with Crippen molar-refractivity contribution in [3.05, 3.63) is 34.3 Å².